The van der Waals surface area contributed by atoms with E-state index in [-0.39, 0.29) is 17.9 Å². The monoisotopic (exact) mass is 639 g/mol. The van der Waals surface area contributed by atoms with Crippen LogP contribution in [0, 0.1) is 0 Å². The number of anilines is 1. The number of hydrogen-bond acceptors (Lipinski definition) is 14. The number of carbonyl (C=O) groups excluding carboxylic acids is 6. The summed E-state index contributed by atoms with van der Waals surface area (Å²) in [4.78, 5) is 75.4. The Morgan fingerprint density at radius 2 is 1.98 bits per heavy atom. The minimum atomic E-state index is -0.913. The van der Waals surface area contributed by atoms with Crippen molar-refractivity contribution in [2.45, 2.75) is 29.9 Å². The lowest BCUT2D eigenvalue weighted by Gasteiger charge is -2.49. The molecule has 2 aromatic rings. The van der Waals surface area contributed by atoms with E-state index < -0.39 is 54.0 Å². The zero-order valence-corrected chi connectivity index (χ0v) is 24.8. The number of fused-ring (bicyclic) bond motifs is 1. The lowest BCUT2D eigenvalue weighted by molar-refractivity contribution is -0.166. The van der Waals surface area contributed by atoms with Crippen LogP contribution in [0.25, 0.3) is 0 Å². The average Bonchev–Trinajstić information content (AvgIpc) is 3.57. The van der Waals surface area contributed by atoms with Crippen molar-refractivity contribution in [1.29, 1.82) is 0 Å². The van der Waals surface area contributed by atoms with Gasteiger partial charge in [-0.3, -0.25) is 24.6 Å². The molecule has 2 unspecified atom stereocenters. The van der Waals surface area contributed by atoms with Crippen LogP contribution < -0.4 is 21.3 Å². The second-order valence-electron chi connectivity index (χ2n) is 8.56. The first-order valence-corrected chi connectivity index (χ1v) is 15.0. The molecule has 1 saturated heterocycles. The lowest BCUT2D eigenvalue weighted by atomic mass is 10.0. The molecule has 224 valence electrons. The highest BCUT2D eigenvalue weighted by Gasteiger charge is 2.54. The second kappa shape index (κ2) is 13.7. The molecule has 0 spiro atoms. The molecular weight excluding hydrogens is 614 g/mol. The standard InChI is InChI=1S/C22H25N9O8S3/c1-10(32)38-9-39-19(35)16-11(8-42-22-27-28-29-30(22)3)7-41-18-15(17(34)31(16)18)25-14(33)6-13-12(4-5-40-13)24-21(37)26-20(36)23-2/h4-5,15,18H,6-9H2,1-3H3,(H,25,33)(H3,23,24,26,36,37). The Kier molecular flexibility index (Phi) is 10.0. The van der Waals surface area contributed by atoms with Crippen LogP contribution >= 0.6 is 34.9 Å². The number of aryl methyl sites for hydroxylation is 1. The number of β-lactam (4-membered cyclic amide) rings is 1. The molecule has 0 radical (unpaired) electrons. The summed E-state index contributed by atoms with van der Waals surface area (Å²) in [6, 6.07) is -0.805. The molecule has 4 heterocycles. The fourth-order valence-electron chi connectivity index (χ4n) is 3.79. The van der Waals surface area contributed by atoms with Crippen LogP contribution in [0.4, 0.5) is 15.3 Å². The molecule has 2 aliphatic heterocycles. The summed E-state index contributed by atoms with van der Waals surface area (Å²) < 4.78 is 11.3. The van der Waals surface area contributed by atoms with Gasteiger partial charge >= 0.3 is 24.0 Å². The Morgan fingerprint density at radius 1 is 1.19 bits per heavy atom. The van der Waals surface area contributed by atoms with Crippen molar-refractivity contribution in [3.05, 3.63) is 27.6 Å². The van der Waals surface area contributed by atoms with Crippen LogP contribution in [0.3, 0.4) is 0 Å². The van der Waals surface area contributed by atoms with Gasteiger partial charge in [0.1, 0.15) is 17.1 Å². The second-order valence-corrected chi connectivity index (χ2v) is 11.6. The van der Waals surface area contributed by atoms with Crippen molar-refractivity contribution >= 4 is 76.4 Å². The summed E-state index contributed by atoms with van der Waals surface area (Å²) >= 11 is 3.84. The molecule has 2 aliphatic rings. The van der Waals surface area contributed by atoms with Crippen LogP contribution in [0.2, 0.25) is 0 Å². The number of nitrogens with zero attached hydrogens (tertiary/aromatic N) is 5. The summed E-state index contributed by atoms with van der Waals surface area (Å²) in [6.45, 7) is 0.544. The SMILES string of the molecule is CNC(=O)NC(=O)Nc1ccsc1CC(=O)NC1C(=O)N2C(C(=O)OCOC(C)=O)=C(CSc3nnnn3C)CSC12. The topological polar surface area (TPSA) is 216 Å². The molecule has 0 aliphatic carbocycles. The molecule has 17 nitrogen and oxygen atoms in total. The van der Waals surface area contributed by atoms with Crippen molar-refractivity contribution < 1.29 is 38.2 Å². The third kappa shape index (κ3) is 7.18. The highest BCUT2D eigenvalue weighted by molar-refractivity contribution is 8.01. The zero-order chi connectivity index (χ0) is 30.4. The number of amides is 6. The summed E-state index contributed by atoms with van der Waals surface area (Å²) in [5.74, 6) is -1.87. The fourth-order valence-corrected chi connectivity index (χ4v) is 6.95. The summed E-state index contributed by atoms with van der Waals surface area (Å²) in [7, 11) is 3.02. The number of thiophene rings is 1. The number of carbonyl (C=O) groups is 6. The smallest absolute Gasteiger partial charge is 0.357 e. The van der Waals surface area contributed by atoms with E-state index in [2.05, 4.69) is 36.8 Å². The van der Waals surface area contributed by atoms with Crippen molar-refractivity contribution in [3.63, 3.8) is 0 Å². The van der Waals surface area contributed by atoms with Gasteiger partial charge in [-0.25, -0.2) is 19.1 Å². The predicted molar refractivity (Wildman–Crippen MR) is 149 cm³/mol. The predicted octanol–water partition coefficient (Wildman–Crippen LogP) is -0.215. The third-order valence-corrected chi connectivity index (χ3v) is 9.09. The van der Waals surface area contributed by atoms with Gasteiger partial charge in [0.25, 0.3) is 5.91 Å². The zero-order valence-electron chi connectivity index (χ0n) is 22.4. The van der Waals surface area contributed by atoms with Crippen molar-refractivity contribution in [1.82, 2.24) is 41.1 Å². The van der Waals surface area contributed by atoms with Gasteiger partial charge in [0.15, 0.2) is 0 Å². The van der Waals surface area contributed by atoms with Gasteiger partial charge in [0, 0.05) is 37.4 Å². The van der Waals surface area contributed by atoms with Crippen LogP contribution in [0.5, 0.6) is 0 Å². The Bertz CT molecular complexity index is 1440. The average molecular weight is 640 g/mol. The number of nitrogens with one attached hydrogen (secondary N) is 4. The number of hydrogen-bond donors (Lipinski definition) is 4. The highest BCUT2D eigenvalue weighted by atomic mass is 32.2. The van der Waals surface area contributed by atoms with E-state index in [9.17, 15) is 28.8 Å². The number of imide groups is 1. The maximum Gasteiger partial charge on any atom is 0.357 e. The molecule has 0 saturated carbocycles. The van der Waals surface area contributed by atoms with Crippen LogP contribution in [0.1, 0.15) is 11.8 Å². The molecule has 0 aromatic carbocycles. The lowest BCUT2D eigenvalue weighted by Crippen LogP contribution is -2.70. The Hall–Kier alpha value is -4.17. The van der Waals surface area contributed by atoms with E-state index in [1.54, 1.807) is 18.5 Å². The molecule has 0 bridgehead atoms. The van der Waals surface area contributed by atoms with Gasteiger partial charge in [-0.2, -0.15) is 0 Å². The molecule has 6 amide bonds. The molecule has 1 fully saturated rings. The Balaban J connectivity index is 1.42. The molecule has 4 rings (SSSR count). The molecule has 4 N–H and O–H groups in total. The number of esters is 2. The minimum Gasteiger partial charge on any atom is -0.428 e. The first kappa shape index (κ1) is 30.8. The number of rotatable bonds is 10. The number of ether oxygens (including phenoxy) is 2. The van der Waals surface area contributed by atoms with Crippen LogP contribution in [-0.4, -0.2) is 97.7 Å². The number of tetrazole rings is 1. The quantitative estimate of drug-likeness (QED) is 0.115. The normalized spacial score (nSPS) is 17.5. The van der Waals surface area contributed by atoms with E-state index >= 15 is 0 Å². The Labute approximate surface area is 250 Å². The van der Waals surface area contributed by atoms with E-state index in [4.69, 9.17) is 9.47 Å². The molecule has 2 aromatic heterocycles. The van der Waals surface area contributed by atoms with Crippen molar-refractivity contribution in [2.24, 2.45) is 7.05 Å². The van der Waals surface area contributed by atoms with Crippen molar-refractivity contribution in [3.8, 4) is 0 Å². The largest absolute Gasteiger partial charge is 0.428 e. The van der Waals surface area contributed by atoms with E-state index in [1.165, 1.54) is 58.4 Å². The minimum absolute atomic E-state index is 0.0101. The molecular formula is C22H25N9O8S3. The number of urea groups is 2. The number of aromatic nitrogens is 4. The van der Waals surface area contributed by atoms with Crippen molar-refractivity contribution in [2.75, 3.05) is 30.7 Å². The van der Waals surface area contributed by atoms with E-state index in [1.807, 2.05) is 0 Å². The summed E-state index contributed by atoms with van der Waals surface area (Å²) in [6.07, 6.45) is -0.144. The van der Waals surface area contributed by atoms with Gasteiger partial charge in [-0.1, -0.05) is 11.8 Å². The van der Waals surface area contributed by atoms with Crippen LogP contribution in [0.15, 0.2) is 27.9 Å². The first-order valence-electron chi connectivity index (χ1n) is 12.1. The summed E-state index contributed by atoms with van der Waals surface area (Å²) in [5, 5.41) is 22.4. The third-order valence-electron chi connectivity index (χ3n) is 5.73. The highest BCUT2D eigenvalue weighted by Crippen LogP contribution is 2.42. The Morgan fingerprint density at radius 3 is 2.67 bits per heavy atom. The molecule has 42 heavy (non-hydrogen) atoms. The number of thioether (sulfide) groups is 2. The summed E-state index contributed by atoms with van der Waals surface area (Å²) in [5.41, 5.74) is 0.932. The molecule has 20 heteroatoms. The van der Waals surface area contributed by atoms with Gasteiger partial charge in [0.05, 0.1) is 12.1 Å². The fraction of sp³-hybridized carbons (Fsp3) is 0.409. The van der Waals surface area contributed by atoms with Gasteiger partial charge < -0.3 is 25.4 Å². The van der Waals surface area contributed by atoms with Crippen LogP contribution in [-0.2, 0) is 42.1 Å². The van der Waals surface area contributed by atoms with E-state index in [0.29, 0.717) is 27.0 Å². The molecule has 2 atom stereocenters. The van der Waals surface area contributed by atoms with Gasteiger partial charge in [0.2, 0.25) is 17.9 Å². The maximum absolute atomic E-state index is 13.2. The van der Waals surface area contributed by atoms with Gasteiger partial charge in [-0.15, -0.1) is 28.2 Å². The maximum atomic E-state index is 13.2. The first-order chi connectivity index (χ1) is 20.1. The van der Waals surface area contributed by atoms with E-state index in [0.717, 1.165) is 0 Å². The van der Waals surface area contributed by atoms with Gasteiger partial charge in [-0.05, 0) is 27.4 Å².